The summed E-state index contributed by atoms with van der Waals surface area (Å²) in [6.45, 7) is 11.8. The first-order chi connectivity index (χ1) is 9.19. The van der Waals surface area contributed by atoms with Crippen molar-refractivity contribution in [1.29, 1.82) is 0 Å². The van der Waals surface area contributed by atoms with Crippen LogP contribution in [0.3, 0.4) is 0 Å². The van der Waals surface area contributed by atoms with Crippen LogP contribution >= 0.6 is 0 Å². The van der Waals surface area contributed by atoms with Gasteiger partial charge in [-0.3, -0.25) is 4.79 Å². The number of carbonyl (C=O) groups excluding carboxylic acids is 1. The average Bonchev–Trinajstić information content (AvgIpc) is 2.34. The fourth-order valence-electron chi connectivity index (χ4n) is 1.89. The Morgan fingerprint density at radius 2 is 1.80 bits per heavy atom. The van der Waals surface area contributed by atoms with Gasteiger partial charge in [-0.25, -0.2) is 0 Å². The predicted molar refractivity (Wildman–Crippen MR) is 86.7 cm³/mol. The molecule has 0 radical (unpaired) electrons. The van der Waals surface area contributed by atoms with E-state index in [1.807, 2.05) is 27.7 Å². The Labute approximate surface area is 124 Å². The zero-order chi connectivity index (χ0) is 15.8. The second-order valence-electron chi connectivity index (χ2n) is 6.03. The third kappa shape index (κ3) is 8.11. The zero-order valence-electron chi connectivity index (χ0n) is 13.9. The van der Waals surface area contributed by atoms with E-state index < -0.39 is 5.60 Å². The SMILES string of the molecule is CCC/C(C)=C(\C)C(=O)/C=C/[C@](C)(O)CCC=C(C)C. The molecule has 2 nitrogen and oxygen atoms in total. The lowest BCUT2D eigenvalue weighted by molar-refractivity contribution is -0.111. The minimum Gasteiger partial charge on any atom is -0.386 e. The van der Waals surface area contributed by atoms with Gasteiger partial charge in [-0.05, 0) is 71.6 Å². The van der Waals surface area contributed by atoms with Gasteiger partial charge in [-0.1, -0.05) is 30.6 Å². The quantitative estimate of drug-likeness (QED) is 0.514. The molecule has 0 spiro atoms. The number of aliphatic hydroxyl groups is 1. The first kappa shape index (κ1) is 18.9. The van der Waals surface area contributed by atoms with Crippen LogP contribution in [0.5, 0.6) is 0 Å². The van der Waals surface area contributed by atoms with Gasteiger partial charge in [0.1, 0.15) is 0 Å². The van der Waals surface area contributed by atoms with Crippen molar-refractivity contribution >= 4 is 5.78 Å². The van der Waals surface area contributed by atoms with Crippen LogP contribution in [0.4, 0.5) is 0 Å². The molecule has 0 amide bonds. The predicted octanol–water partition coefficient (Wildman–Crippen LogP) is 4.75. The summed E-state index contributed by atoms with van der Waals surface area (Å²) in [7, 11) is 0. The number of hydrogen-bond donors (Lipinski definition) is 1. The van der Waals surface area contributed by atoms with E-state index in [0.29, 0.717) is 6.42 Å². The van der Waals surface area contributed by atoms with E-state index in [2.05, 4.69) is 13.0 Å². The molecule has 114 valence electrons. The van der Waals surface area contributed by atoms with Gasteiger partial charge in [-0.15, -0.1) is 0 Å². The third-order valence-corrected chi connectivity index (χ3v) is 3.43. The van der Waals surface area contributed by atoms with Crippen LogP contribution < -0.4 is 0 Å². The average molecular weight is 278 g/mol. The molecule has 0 aliphatic rings. The van der Waals surface area contributed by atoms with Gasteiger partial charge in [0.25, 0.3) is 0 Å². The summed E-state index contributed by atoms with van der Waals surface area (Å²) in [5.74, 6) is -0.00145. The standard InChI is InChI=1S/C18H30O2/c1-7-9-15(4)16(5)17(19)11-13-18(6,20)12-8-10-14(2)3/h10-11,13,20H,7-9,12H2,1-6H3/b13-11+,16-15+/t18-/m1/s1. The van der Waals surface area contributed by atoms with Crippen LogP contribution in [0.15, 0.2) is 34.9 Å². The topological polar surface area (TPSA) is 37.3 Å². The van der Waals surface area contributed by atoms with Crippen LogP contribution in [-0.2, 0) is 4.79 Å². The first-order valence-corrected chi connectivity index (χ1v) is 7.45. The fraction of sp³-hybridized carbons (Fsp3) is 0.611. The lowest BCUT2D eigenvalue weighted by Gasteiger charge is -2.17. The summed E-state index contributed by atoms with van der Waals surface area (Å²) in [4.78, 5) is 12.0. The van der Waals surface area contributed by atoms with Crippen molar-refractivity contribution in [2.45, 2.75) is 72.8 Å². The van der Waals surface area contributed by atoms with Gasteiger partial charge in [0, 0.05) is 0 Å². The van der Waals surface area contributed by atoms with Crippen LogP contribution in [0.25, 0.3) is 0 Å². The van der Waals surface area contributed by atoms with Crippen molar-refractivity contribution in [3.8, 4) is 0 Å². The Morgan fingerprint density at radius 1 is 1.20 bits per heavy atom. The minimum atomic E-state index is -0.930. The molecule has 0 heterocycles. The molecule has 1 N–H and O–H groups in total. The molecule has 0 unspecified atom stereocenters. The third-order valence-electron chi connectivity index (χ3n) is 3.43. The maximum Gasteiger partial charge on any atom is 0.181 e. The van der Waals surface area contributed by atoms with Gasteiger partial charge < -0.3 is 5.11 Å². The van der Waals surface area contributed by atoms with Gasteiger partial charge in [0.15, 0.2) is 5.78 Å². The molecule has 0 aromatic carbocycles. The molecule has 0 aliphatic carbocycles. The highest BCUT2D eigenvalue weighted by molar-refractivity contribution is 6.04. The van der Waals surface area contributed by atoms with Crippen molar-refractivity contribution in [3.63, 3.8) is 0 Å². The van der Waals surface area contributed by atoms with E-state index >= 15 is 0 Å². The summed E-state index contributed by atoms with van der Waals surface area (Å²) in [6, 6.07) is 0. The summed E-state index contributed by atoms with van der Waals surface area (Å²) in [5, 5.41) is 10.2. The van der Waals surface area contributed by atoms with E-state index in [0.717, 1.165) is 30.4 Å². The molecule has 0 aliphatic heterocycles. The summed E-state index contributed by atoms with van der Waals surface area (Å²) < 4.78 is 0. The van der Waals surface area contributed by atoms with E-state index in [-0.39, 0.29) is 5.78 Å². The maximum absolute atomic E-state index is 12.0. The minimum absolute atomic E-state index is 0.00145. The van der Waals surface area contributed by atoms with E-state index in [4.69, 9.17) is 0 Å². The van der Waals surface area contributed by atoms with Crippen molar-refractivity contribution in [3.05, 3.63) is 34.9 Å². The molecule has 0 bridgehead atoms. The zero-order valence-corrected chi connectivity index (χ0v) is 13.9. The molecule has 2 heteroatoms. The highest BCUT2D eigenvalue weighted by Crippen LogP contribution is 2.17. The van der Waals surface area contributed by atoms with Crippen molar-refractivity contribution < 1.29 is 9.90 Å². The summed E-state index contributed by atoms with van der Waals surface area (Å²) in [6.07, 6.45) is 8.66. The summed E-state index contributed by atoms with van der Waals surface area (Å²) >= 11 is 0. The molecule has 0 saturated carbocycles. The maximum atomic E-state index is 12.0. The van der Waals surface area contributed by atoms with E-state index in [1.165, 1.54) is 11.6 Å². The molecule has 0 rings (SSSR count). The summed E-state index contributed by atoms with van der Waals surface area (Å²) in [5.41, 5.74) is 2.24. The van der Waals surface area contributed by atoms with E-state index in [1.54, 1.807) is 13.0 Å². The molecule has 20 heavy (non-hydrogen) atoms. The largest absolute Gasteiger partial charge is 0.386 e. The van der Waals surface area contributed by atoms with Crippen LogP contribution in [-0.4, -0.2) is 16.5 Å². The van der Waals surface area contributed by atoms with Gasteiger partial charge >= 0.3 is 0 Å². The van der Waals surface area contributed by atoms with Gasteiger partial charge in [-0.2, -0.15) is 0 Å². The second-order valence-corrected chi connectivity index (χ2v) is 6.03. The van der Waals surface area contributed by atoms with E-state index in [9.17, 15) is 9.90 Å². The van der Waals surface area contributed by atoms with Crippen molar-refractivity contribution in [1.82, 2.24) is 0 Å². The van der Waals surface area contributed by atoms with Gasteiger partial charge in [0.2, 0.25) is 0 Å². The van der Waals surface area contributed by atoms with Crippen LogP contribution in [0.2, 0.25) is 0 Å². The van der Waals surface area contributed by atoms with Crippen molar-refractivity contribution in [2.24, 2.45) is 0 Å². The number of rotatable bonds is 8. The molecule has 0 aromatic rings. The number of ketones is 1. The second kappa shape index (κ2) is 8.91. The number of carbonyl (C=O) groups is 1. The molecule has 0 fully saturated rings. The Kier molecular flexibility index (Phi) is 8.40. The Morgan fingerprint density at radius 3 is 2.30 bits per heavy atom. The molecular formula is C18H30O2. The normalized spacial score (nSPS) is 15.8. The van der Waals surface area contributed by atoms with Crippen LogP contribution in [0, 0.1) is 0 Å². The first-order valence-electron chi connectivity index (χ1n) is 7.45. The highest BCUT2D eigenvalue weighted by atomic mass is 16.3. The molecule has 1 atom stereocenters. The molecule has 0 saturated heterocycles. The lowest BCUT2D eigenvalue weighted by Crippen LogP contribution is -2.20. The highest BCUT2D eigenvalue weighted by Gasteiger charge is 2.16. The number of allylic oxidation sites excluding steroid dienone is 5. The van der Waals surface area contributed by atoms with Crippen LogP contribution in [0.1, 0.15) is 67.2 Å². The Hall–Kier alpha value is -1.15. The smallest absolute Gasteiger partial charge is 0.181 e. The number of hydrogen-bond acceptors (Lipinski definition) is 2. The monoisotopic (exact) mass is 278 g/mol. The Balaban J connectivity index is 4.64. The lowest BCUT2D eigenvalue weighted by atomic mass is 9.96. The van der Waals surface area contributed by atoms with Gasteiger partial charge in [0.05, 0.1) is 5.60 Å². The fourth-order valence-corrected chi connectivity index (χ4v) is 1.89. The Bertz CT molecular complexity index is 405. The molecular weight excluding hydrogens is 248 g/mol. The van der Waals surface area contributed by atoms with Crippen molar-refractivity contribution in [2.75, 3.05) is 0 Å². The molecule has 0 aromatic heterocycles.